The molecule has 0 aromatic heterocycles. The molecule has 120 valence electrons. The van der Waals surface area contributed by atoms with Crippen LogP contribution in [0, 0.1) is 5.92 Å². The van der Waals surface area contributed by atoms with Crippen LogP contribution in [0.1, 0.15) is 31.4 Å². The van der Waals surface area contributed by atoms with Gasteiger partial charge in [-0.3, -0.25) is 4.79 Å². The van der Waals surface area contributed by atoms with Crippen molar-refractivity contribution in [2.45, 2.75) is 25.8 Å². The summed E-state index contributed by atoms with van der Waals surface area (Å²) in [5.41, 5.74) is 0.792. The molecule has 1 aliphatic heterocycles. The second kappa shape index (κ2) is 7.20. The standard InChI is InChI=1S/C15H18Cl2N2O3/c1-9(12-3-2-11(16)8-13(12)17)18-15(22)19-6-4-10(5-7-19)14(20)21/h2-3,8-10H,4-7H2,1H3,(H,18,22)(H,20,21)/t9-/m1/s1. The van der Waals surface area contributed by atoms with Crippen LogP contribution in [0.5, 0.6) is 0 Å². The van der Waals surface area contributed by atoms with Crippen LogP contribution in [-0.4, -0.2) is 35.1 Å². The van der Waals surface area contributed by atoms with Crippen molar-refractivity contribution in [3.63, 3.8) is 0 Å². The number of halogens is 2. The summed E-state index contributed by atoms with van der Waals surface area (Å²) in [5, 5.41) is 12.9. The minimum atomic E-state index is -0.790. The van der Waals surface area contributed by atoms with Crippen molar-refractivity contribution in [2.75, 3.05) is 13.1 Å². The van der Waals surface area contributed by atoms with Gasteiger partial charge in [-0.15, -0.1) is 0 Å². The van der Waals surface area contributed by atoms with Crippen molar-refractivity contribution < 1.29 is 14.7 Å². The normalized spacial score (nSPS) is 17.1. The summed E-state index contributed by atoms with van der Waals surface area (Å²) in [6.07, 6.45) is 0.970. The third kappa shape index (κ3) is 4.05. The van der Waals surface area contributed by atoms with E-state index in [2.05, 4.69) is 5.32 Å². The number of hydrogen-bond donors (Lipinski definition) is 2. The smallest absolute Gasteiger partial charge is 0.317 e. The minimum absolute atomic E-state index is 0.206. The maximum absolute atomic E-state index is 12.2. The van der Waals surface area contributed by atoms with E-state index in [4.69, 9.17) is 28.3 Å². The monoisotopic (exact) mass is 344 g/mol. The Morgan fingerprint density at radius 2 is 1.95 bits per heavy atom. The summed E-state index contributed by atoms with van der Waals surface area (Å²) in [6, 6.07) is 4.69. The zero-order valence-electron chi connectivity index (χ0n) is 12.2. The maximum Gasteiger partial charge on any atom is 0.317 e. The van der Waals surface area contributed by atoms with E-state index in [1.807, 2.05) is 6.92 Å². The van der Waals surface area contributed by atoms with Crippen LogP contribution in [0.3, 0.4) is 0 Å². The first-order valence-electron chi connectivity index (χ1n) is 7.11. The van der Waals surface area contributed by atoms with Crippen molar-refractivity contribution >= 4 is 35.2 Å². The Kier molecular flexibility index (Phi) is 5.53. The number of carboxylic acids is 1. The zero-order chi connectivity index (χ0) is 16.3. The summed E-state index contributed by atoms with van der Waals surface area (Å²) < 4.78 is 0. The van der Waals surface area contributed by atoms with Gasteiger partial charge in [0.05, 0.1) is 12.0 Å². The lowest BCUT2D eigenvalue weighted by Gasteiger charge is -2.31. The van der Waals surface area contributed by atoms with Crippen molar-refractivity contribution in [3.8, 4) is 0 Å². The summed E-state index contributed by atoms with van der Waals surface area (Å²) in [6.45, 7) is 2.74. The molecule has 2 N–H and O–H groups in total. The molecule has 1 aromatic rings. The van der Waals surface area contributed by atoms with Crippen LogP contribution in [0.15, 0.2) is 18.2 Å². The molecule has 1 atom stereocenters. The molecule has 2 amide bonds. The lowest BCUT2D eigenvalue weighted by atomic mass is 9.97. The molecule has 22 heavy (non-hydrogen) atoms. The Bertz CT molecular complexity index is 572. The largest absolute Gasteiger partial charge is 0.481 e. The molecular formula is C15H18Cl2N2O3. The molecular weight excluding hydrogens is 327 g/mol. The molecule has 0 unspecified atom stereocenters. The number of likely N-dealkylation sites (tertiary alicyclic amines) is 1. The Balaban J connectivity index is 1.93. The Labute approximate surface area is 139 Å². The number of hydrogen-bond acceptors (Lipinski definition) is 2. The van der Waals surface area contributed by atoms with Gasteiger partial charge in [0, 0.05) is 23.1 Å². The van der Waals surface area contributed by atoms with E-state index in [-0.39, 0.29) is 18.0 Å². The van der Waals surface area contributed by atoms with Gasteiger partial charge in [0.15, 0.2) is 0 Å². The van der Waals surface area contributed by atoms with E-state index in [0.717, 1.165) is 5.56 Å². The highest BCUT2D eigenvalue weighted by molar-refractivity contribution is 6.35. The average Bonchev–Trinajstić information content (AvgIpc) is 2.47. The van der Waals surface area contributed by atoms with E-state index in [9.17, 15) is 9.59 Å². The van der Waals surface area contributed by atoms with E-state index in [1.165, 1.54) is 0 Å². The molecule has 1 saturated heterocycles. The van der Waals surface area contributed by atoms with Crippen LogP contribution in [0.25, 0.3) is 0 Å². The first kappa shape index (κ1) is 16.9. The maximum atomic E-state index is 12.2. The van der Waals surface area contributed by atoms with E-state index < -0.39 is 5.97 Å². The van der Waals surface area contributed by atoms with Gasteiger partial charge in [0.2, 0.25) is 0 Å². The fourth-order valence-corrected chi connectivity index (χ4v) is 3.11. The first-order valence-corrected chi connectivity index (χ1v) is 7.87. The number of piperidine rings is 1. The minimum Gasteiger partial charge on any atom is -0.481 e. The van der Waals surface area contributed by atoms with Crippen LogP contribution >= 0.6 is 23.2 Å². The number of aliphatic carboxylic acids is 1. The van der Waals surface area contributed by atoms with Gasteiger partial charge in [-0.05, 0) is 37.5 Å². The van der Waals surface area contributed by atoms with Gasteiger partial charge in [0.25, 0.3) is 0 Å². The van der Waals surface area contributed by atoms with Gasteiger partial charge < -0.3 is 15.3 Å². The second-order valence-corrected chi connectivity index (χ2v) is 6.28. The summed E-state index contributed by atoms with van der Waals surface area (Å²) >= 11 is 12.0. The molecule has 5 nitrogen and oxygen atoms in total. The molecule has 0 aliphatic carbocycles. The average molecular weight is 345 g/mol. The van der Waals surface area contributed by atoms with Crippen LogP contribution in [-0.2, 0) is 4.79 Å². The van der Waals surface area contributed by atoms with Gasteiger partial charge in [-0.1, -0.05) is 29.3 Å². The zero-order valence-corrected chi connectivity index (χ0v) is 13.7. The van der Waals surface area contributed by atoms with Crippen molar-refractivity contribution in [1.82, 2.24) is 10.2 Å². The fourth-order valence-electron chi connectivity index (χ4n) is 2.54. The van der Waals surface area contributed by atoms with Gasteiger partial charge >= 0.3 is 12.0 Å². The number of urea groups is 1. The molecule has 1 fully saturated rings. The van der Waals surface area contributed by atoms with Gasteiger partial charge in [-0.25, -0.2) is 4.79 Å². The molecule has 7 heteroatoms. The van der Waals surface area contributed by atoms with Crippen molar-refractivity contribution in [2.24, 2.45) is 5.92 Å². The third-order valence-electron chi connectivity index (χ3n) is 3.90. The quantitative estimate of drug-likeness (QED) is 0.880. The molecule has 1 aromatic carbocycles. The first-order chi connectivity index (χ1) is 10.4. The molecule has 1 heterocycles. The summed E-state index contributed by atoms with van der Waals surface area (Å²) in [4.78, 5) is 24.8. The van der Waals surface area contributed by atoms with E-state index >= 15 is 0 Å². The fraction of sp³-hybridized carbons (Fsp3) is 0.467. The molecule has 1 aliphatic rings. The predicted molar refractivity (Wildman–Crippen MR) is 85.3 cm³/mol. The lowest BCUT2D eigenvalue weighted by molar-refractivity contribution is -0.143. The molecule has 0 bridgehead atoms. The van der Waals surface area contributed by atoms with Crippen LogP contribution < -0.4 is 5.32 Å². The SMILES string of the molecule is C[C@@H](NC(=O)N1CCC(C(=O)O)CC1)c1ccc(Cl)cc1Cl. The van der Waals surface area contributed by atoms with Crippen LogP contribution in [0.4, 0.5) is 4.79 Å². The third-order valence-corrected chi connectivity index (χ3v) is 4.46. The van der Waals surface area contributed by atoms with Gasteiger partial charge in [-0.2, -0.15) is 0 Å². The number of carbonyl (C=O) groups is 2. The Hall–Kier alpha value is -1.46. The van der Waals surface area contributed by atoms with Crippen LogP contribution in [0.2, 0.25) is 10.0 Å². The van der Waals surface area contributed by atoms with Crippen molar-refractivity contribution in [1.29, 1.82) is 0 Å². The topological polar surface area (TPSA) is 69.6 Å². The lowest BCUT2D eigenvalue weighted by Crippen LogP contribution is -2.46. The van der Waals surface area contributed by atoms with E-state index in [0.29, 0.717) is 36.0 Å². The summed E-state index contributed by atoms with van der Waals surface area (Å²) in [7, 11) is 0. The molecule has 0 saturated carbocycles. The number of carboxylic acid groups (broad SMARTS) is 1. The molecule has 2 rings (SSSR count). The number of benzene rings is 1. The highest BCUT2D eigenvalue weighted by Gasteiger charge is 2.27. The number of carbonyl (C=O) groups excluding carboxylic acids is 1. The molecule has 0 radical (unpaired) electrons. The second-order valence-electron chi connectivity index (χ2n) is 5.44. The molecule has 0 spiro atoms. The highest BCUT2D eigenvalue weighted by Crippen LogP contribution is 2.26. The van der Waals surface area contributed by atoms with Gasteiger partial charge in [0.1, 0.15) is 0 Å². The number of amides is 2. The Morgan fingerprint density at radius 1 is 1.32 bits per heavy atom. The Morgan fingerprint density at radius 3 is 2.50 bits per heavy atom. The highest BCUT2D eigenvalue weighted by atomic mass is 35.5. The number of nitrogens with one attached hydrogen (secondary N) is 1. The number of rotatable bonds is 3. The number of nitrogens with zero attached hydrogens (tertiary/aromatic N) is 1. The summed E-state index contributed by atoms with van der Waals surface area (Å²) in [5.74, 6) is -1.14. The predicted octanol–water partition coefficient (Wildman–Crippen LogP) is 3.56. The van der Waals surface area contributed by atoms with E-state index in [1.54, 1.807) is 23.1 Å². The van der Waals surface area contributed by atoms with Crippen molar-refractivity contribution in [3.05, 3.63) is 33.8 Å².